The first-order valence-corrected chi connectivity index (χ1v) is 7.62. The normalized spacial score (nSPS) is 13.2. The molecule has 1 atom stereocenters. The number of amides is 1. The summed E-state index contributed by atoms with van der Waals surface area (Å²) < 4.78 is 5.38. The summed E-state index contributed by atoms with van der Waals surface area (Å²) in [7, 11) is 0. The smallest absolute Gasteiger partial charge is 0.254 e. The molecule has 2 aromatic heterocycles. The lowest BCUT2D eigenvalue weighted by Crippen LogP contribution is -2.39. The Hall–Kier alpha value is -1.66. The summed E-state index contributed by atoms with van der Waals surface area (Å²) in [5.41, 5.74) is 0.885. The van der Waals surface area contributed by atoms with E-state index < -0.39 is 6.10 Å². The summed E-state index contributed by atoms with van der Waals surface area (Å²) in [6.45, 7) is 7.89. The maximum Gasteiger partial charge on any atom is 0.254 e. The molecule has 114 valence electrons. The highest BCUT2D eigenvalue weighted by atomic mass is 32.1. The highest BCUT2D eigenvalue weighted by molar-refractivity contribution is 7.09. The molecule has 0 radical (unpaired) electrons. The molecule has 21 heavy (non-hydrogen) atoms. The zero-order chi connectivity index (χ0) is 15.6. The molecule has 0 saturated carbocycles. The van der Waals surface area contributed by atoms with Crippen molar-refractivity contribution in [1.29, 1.82) is 0 Å². The minimum atomic E-state index is -0.603. The fourth-order valence-electron chi connectivity index (χ4n) is 1.66. The molecule has 0 aliphatic carbocycles. The zero-order valence-corrected chi connectivity index (χ0v) is 13.5. The quantitative estimate of drug-likeness (QED) is 0.910. The summed E-state index contributed by atoms with van der Waals surface area (Å²) in [5.74, 6) is 0.307. The molecular weight excluding hydrogens is 288 g/mol. The number of aliphatic hydroxyl groups excluding tert-OH is 1. The highest BCUT2D eigenvalue weighted by Crippen LogP contribution is 2.24. The van der Waals surface area contributed by atoms with Crippen molar-refractivity contribution in [3.8, 4) is 11.5 Å². The van der Waals surface area contributed by atoms with Crippen molar-refractivity contribution in [2.45, 2.75) is 33.8 Å². The van der Waals surface area contributed by atoms with Gasteiger partial charge in [-0.3, -0.25) is 4.79 Å². The number of nitrogens with one attached hydrogen (secondary N) is 1. The van der Waals surface area contributed by atoms with E-state index in [4.69, 9.17) is 4.42 Å². The first-order valence-electron chi connectivity index (χ1n) is 6.74. The van der Waals surface area contributed by atoms with Gasteiger partial charge in [0.05, 0.1) is 16.7 Å². The van der Waals surface area contributed by atoms with Crippen LogP contribution in [0.5, 0.6) is 0 Å². The minimum absolute atomic E-state index is 0.207. The predicted octanol–water partition coefficient (Wildman–Crippen LogP) is 2.85. The van der Waals surface area contributed by atoms with Gasteiger partial charge in [0.25, 0.3) is 5.91 Å². The Morgan fingerprint density at radius 2 is 2.24 bits per heavy atom. The minimum Gasteiger partial charge on any atom is -0.462 e. The summed E-state index contributed by atoms with van der Waals surface area (Å²) in [6.07, 6.45) is 0.803. The van der Waals surface area contributed by atoms with Crippen molar-refractivity contribution in [3.05, 3.63) is 28.3 Å². The van der Waals surface area contributed by atoms with Crippen molar-refractivity contribution in [2.24, 2.45) is 5.41 Å². The van der Waals surface area contributed by atoms with Crippen LogP contribution in [0.1, 0.15) is 36.1 Å². The maximum atomic E-state index is 12.0. The van der Waals surface area contributed by atoms with E-state index in [-0.39, 0.29) is 17.9 Å². The lowest BCUT2D eigenvalue weighted by molar-refractivity contribution is 0.0586. The second-order valence-electron chi connectivity index (χ2n) is 6.04. The second kappa shape index (κ2) is 5.99. The molecule has 0 fully saturated rings. The van der Waals surface area contributed by atoms with Gasteiger partial charge in [0.15, 0.2) is 5.76 Å². The fraction of sp³-hybridized carbons (Fsp3) is 0.467. The largest absolute Gasteiger partial charge is 0.462 e. The van der Waals surface area contributed by atoms with Gasteiger partial charge in [-0.2, -0.15) is 0 Å². The summed E-state index contributed by atoms with van der Waals surface area (Å²) in [6, 6.07) is 1.66. The van der Waals surface area contributed by atoms with Crippen molar-refractivity contribution in [3.63, 3.8) is 0 Å². The van der Waals surface area contributed by atoms with Gasteiger partial charge >= 0.3 is 0 Å². The van der Waals surface area contributed by atoms with Crippen LogP contribution in [0.3, 0.4) is 0 Å². The van der Waals surface area contributed by atoms with Crippen molar-refractivity contribution in [2.75, 3.05) is 6.54 Å². The van der Waals surface area contributed by atoms with Gasteiger partial charge in [-0.15, -0.1) is 11.3 Å². The van der Waals surface area contributed by atoms with E-state index in [1.54, 1.807) is 6.07 Å². The summed E-state index contributed by atoms with van der Waals surface area (Å²) in [4.78, 5) is 16.3. The SMILES string of the molecule is Cc1nc(-c2cc(C(=O)NCC(O)C(C)(C)C)co2)cs1. The monoisotopic (exact) mass is 308 g/mol. The lowest BCUT2D eigenvalue weighted by Gasteiger charge is -2.25. The molecule has 0 bridgehead atoms. The number of aromatic nitrogens is 1. The molecule has 6 heteroatoms. The van der Waals surface area contributed by atoms with Crippen molar-refractivity contribution in [1.82, 2.24) is 10.3 Å². The molecular formula is C15H20N2O3S. The van der Waals surface area contributed by atoms with Crippen LogP contribution in [-0.2, 0) is 0 Å². The van der Waals surface area contributed by atoms with Gasteiger partial charge in [-0.1, -0.05) is 20.8 Å². The van der Waals surface area contributed by atoms with Gasteiger partial charge in [0, 0.05) is 11.9 Å². The number of thiazole rings is 1. The summed E-state index contributed by atoms with van der Waals surface area (Å²) in [5, 5.41) is 15.5. The number of hydrogen-bond donors (Lipinski definition) is 2. The van der Waals surface area contributed by atoms with Crippen LogP contribution >= 0.6 is 11.3 Å². The van der Waals surface area contributed by atoms with Crippen LogP contribution in [0.15, 0.2) is 22.1 Å². The molecule has 2 N–H and O–H groups in total. The van der Waals surface area contributed by atoms with E-state index in [0.717, 1.165) is 10.7 Å². The zero-order valence-electron chi connectivity index (χ0n) is 12.6. The summed E-state index contributed by atoms with van der Waals surface area (Å²) >= 11 is 1.53. The van der Waals surface area contributed by atoms with Gasteiger partial charge in [-0.05, 0) is 18.4 Å². The van der Waals surface area contributed by atoms with Crippen LogP contribution in [0.25, 0.3) is 11.5 Å². The van der Waals surface area contributed by atoms with E-state index in [2.05, 4.69) is 10.3 Å². The van der Waals surface area contributed by atoms with Crippen LogP contribution in [0.2, 0.25) is 0 Å². The number of hydrogen-bond acceptors (Lipinski definition) is 5. The van der Waals surface area contributed by atoms with Crippen molar-refractivity contribution >= 4 is 17.2 Å². The van der Waals surface area contributed by atoms with E-state index in [9.17, 15) is 9.90 Å². The van der Waals surface area contributed by atoms with Gasteiger partial charge in [0.2, 0.25) is 0 Å². The number of furan rings is 1. The average molecular weight is 308 g/mol. The first-order chi connectivity index (χ1) is 9.77. The van der Waals surface area contributed by atoms with E-state index in [1.807, 2.05) is 33.1 Å². The van der Waals surface area contributed by atoms with Crippen LogP contribution in [0.4, 0.5) is 0 Å². The number of nitrogens with zero attached hydrogens (tertiary/aromatic N) is 1. The topological polar surface area (TPSA) is 75.4 Å². The maximum absolute atomic E-state index is 12.0. The molecule has 0 aliphatic heterocycles. The third kappa shape index (κ3) is 3.92. The molecule has 5 nitrogen and oxygen atoms in total. The Labute approximate surface area is 128 Å². The second-order valence-corrected chi connectivity index (χ2v) is 7.11. The van der Waals surface area contributed by atoms with E-state index in [0.29, 0.717) is 11.3 Å². The number of aliphatic hydroxyl groups is 1. The Bertz CT molecular complexity index is 625. The molecule has 0 aliphatic rings. The molecule has 1 amide bonds. The molecule has 1 unspecified atom stereocenters. The third-order valence-corrected chi connectivity index (χ3v) is 3.96. The standard InChI is InChI=1S/C15H20N2O3S/c1-9-17-11(8-21-9)12-5-10(7-20-12)14(19)16-6-13(18)15(2,3)4/h5,7-8,13,18H,6H2,1-4H3,(H,16,19). The molecule has 0 aromatic carbocycles. The van der Waals surface area contributed by atoms with Gasteiger partial charge in [-0.25, -0.2) is 4.98 Å². The Morgan fingerprint density at radius 3 is 2.81 bits per heavy atom. The third-order valence-electron chi connectivity index (χ3n) is 3.19. The number of carbonyl (C=O) groups excluding carboxylic acids is 1. The van der Waals surface area contributed by atoms with Crippen LogP contribution in [-0.4, -0.2) is 28.6 Å². The van der Waals surface area contributed by atoms with E-state index in [1.165, 1.54) is 17.6 Å². The number of carbonyl (C=O) groups is 1. The van der Waals surface area contributed by atoms with Gasteiger partial charge < -0.3 is 14.8 Å². The number of aryl methyl sites for hydroxylation is 1. The Balaban J connectivity index is 2.00. The predicted molar refractivity (Wildman–Crippen MR) is 82.3 cm³/mol. The van der Waals surface area contributed by atoms with E-state index >= 15 is 0 Å². The Kier molecular flexibility index (Phi) is 4.49. The van der Waals surface area contributed by atoms with Crippen LogP contribution in [0, 0.1) is 12.3 Å². The molecule has 0 spiro atoms. The fourth-order valence-corrected chi connectivity index (χ4v) is 2.27. The first kappa shape index (κ1) is 15.7. The van der Waals surface area contributed by atoms with Gasteiger partial charge in [0.1, 0.15) is 12.0 Å². The highest BCUT2D eigenvalue weighted by Gasteiger charge is 2.23. The van der Waals surface area contributed by atoms with Crippen molar-refractivity contribution < 1.29 is 14.3 Å². The van der Waals surface area contributed by atoms with Crippen LogP contribution < -0.4 is 5.32 Å². The Morgan fingerprint density at radius 1 is 1.52 bits per heavy atom. The molecule has 2 rings (SSSR count). The average Bonchev–Trinajstić information content (AvgIpc) is 3.02. The molecule has 0 saturated heterocycles. The molecule has 2 aromatic rings. The molecule has 2 heterocycles. The number of rotatable bonds is 4. The lowest BCUT2D eigenvalue weighted by atomic mass is 9.89.